The molecule has 8 N–H and O–H groups in total. The first-order valence-corrected chi connectivity index (χ1v) is 8.69. The minimum atomic E-state index is -0.137. The fraction of sp³-hybridized carbons (Fsp3) is 0.556. The average Bonchev–Trinajstić information content (AvgIpc) is 2.62. The van der Waals surface area contributed by atoms with E-state index >= 15 is 0 Å². The molecule has 26 heavy (non-hydrogen) atoms. The number of ether oxygens (including phenoxy) is 2. The molecule has 1 unspecified atom stereocenters. The van der Waals surface area contributed by atoms with E-state index in [-0.39, 0.29) is 12.1 Å². The van der Waals surface area contributed by atoms with Crippen LogP contribution in [0.2, 0.25) is 0 Å². The van der Waals surface area contributed by atoms with E-state index in [0.717, 1.165) is 29.8 Å². The van der Waals surface area contributed by atoms with Crippen LogP contribution in [0.3, 0.4) is 0 Å². The number of nitrogens with two attached hydrogens (primary N) is 2. The van der Waals surface area contributed by atoms with Gasteiger partial charge in [-0.05, 0) is 57.5 Å². The molecule has 0 fully saturated rings. The maximum Gasteiger partial charge on any atom is 0.182 e. The summed E-state index contributed by atoms with van der Waals surface area (Å²) < 4.78 is 10.7. The Bertz CT molecular complexity index is 518. The predicted molar refractivity (Wildman–Crippen MR) is 110 cm³/mol. The molecule has 0 aliphatic rings. The second-order valence-corrected chi connectivity index (χ2v) is 5.18. The molecule has 0 aliphatic heterocycles. The minimum Gasteiger partial charge on any atom is -0.496 e. The summed E-state index contributed by atoms with van der Waals surface area (Å²) in [5.74, 6) is 6.70. The topological polar surface area (TPSA) is 142 Å². The van der Waals surface area contributed by atoms with E-state index in [4.69, 9.17) is 31.9 Å². The molecule has 0 saturated heterocycles. The lowest BCUT2D eigenvalue weighted by atomic mass is 10.1. The first-order chi connectivity index (χ1) is 12.3. The smallest absolute Gasteiger partial charge is 0.182 e. The summed E-state index contributed by atoms with van der Waals surface area (Å²) in [4.78, 5) is 0. The van der Waals surface area contributed by atoms with Crippen molar-refractivity contribution in [2.45, 2.75) is 53.2 Å². The zero-order valence-electron chi connectivity index (χ0n) is 16.9. The normalized spacial score (nSPS) is 10.3. The lowest BCUT2D eigenvalue weighted by molar-refractivity contribution is 0.172. The number of nitrogens with one attached hydrogen (secondary N) is 4. The van der Waals surface area contributed by atoms with Gasteiger partial charge in [0.1, 0.15) is 12.0 Å². The lowest BCUT2D eigenvalue weighted by Crippen LogP contribution is -2.27. The van der Waals surface area contributed by atoms with Crippen molar-refractivity contribution in [3.63, 3.8) is 0 Å². The van der Waals surface area contributed by atoms with Crippen LogP contribution >= 0.6 is 0 Å². The number of anilines is 1. The van der Waals surface area contributed by atoms with Gasteiger partial charge in [0, 0.05) is 12.1 Å². The number of hydrogen-bond acceptors (Lipinski definition) is 7. The highest BCUT2D eigenvalue weighted by molar-refractivity contribution is 5.73. The summed E-state index contributed by atoms with van der Waals surface area (Å²) >= 11 is 0. The van der Waals surface area contributed by atoms with Crippen molar-refractivity contribution in [2.75, 3.05) is 19.6 Å². The van der Waals surface area contributed by atoms with Gasteiger partial charge >= 0.3 is 0 Å². The minimum absolute atomic E-state index is 0.137. The molecule has 8 heteroatoms. The monoisotopic (exact) mass is 368 g/mol. The van der Waals surface area contributed by atoms with Gasteiger partial charge in [0.15, 0.2) is 5.90 Å². The van der Waals surface area contributed by atoms with Crippen molar-refractivity contribution >= 4 is 17.4 Å². The second kappa shape index (κ2) is 16.2. The fourth-order valence-electron chi connectivity index (χ4n) is 1.83. The summed E-state index contributed by atoms with van der Waals surface area (Å²) in [7, 11) is 3.45. The van der Waals surface area contributed by atoms with Gasteiger partial charge in [-0.1, -0.05) is 13.8 Å². The highest BCUT2D eigenvalue weighted by Crippen LogP contribution is 2.24. The molecule has 0 amide bonds. The Kier molecular flexibility index (Phi) is 16.1. The van der Waals surface area contributed by atoms with E-state index in [9.17, 15) is 0 Å². The molecule has 0 spiro atoms. The number of methoxy groups -OCH3 is 1. The van der Waals surface area contributed by atoms with Crippen LogP contribution in [0.15, 0.2) is 18.2 Å². The SMILES string of the molecule is CC.CC(=N)N.CNC(C)OC(=N)CCCc1cc(NN)ccc1OC. The van der Waals surface area contributed by atoms with E-state index in [2.05, 4.69) is 10.7 Å². The van der Waals surface area contributed by atoms with E-state index < -0.39 is 0 Å². The van der Waals surface area contributed by atoms with E-state index in [1.165, 1.54) is 6.92 Å². The molecular formula is C18H36N6O2. The number of benzene rings is 1. The van der Waals surface area contributed by atoms with Crippen molar-refractivity contribution in [2.24, 2.45) is 11.6 Å². The summed E-state index contributed by atoms with van der Waals surface area (Å²) in [5.41, 5.74) is 9.23. The summed E-state index contributed by atoms with van der Waals surface area (Å²) in [5, 5.41) is 16.9. The Morgan fingerprint density at radius 1 is 1.27 bits per heavy atom. The van der Waals surface area contributed by atoms with Crippen LogP contribution in [-0.2, 0) is 11.2 Å². The van der Waals surface area contributed by atoms with Crippen LogP contribution in [0.5, 0.6) is 5.75 Å². The van der Waals surface area contributed by atoms with Gasteiger partial charge in [-0.3, -0.25) is 22.0 Å². The van der Waals surface area contributed by atoms with Crippen molar-refractivity contribution < 1.29 is 9.47 Å². The Balaban J connectivity index is 0. The van der Waals surface area contributed by atoms with Crippen LogP contribution in [0.1, 0.15) is 46.1 Å². The Labute approximate surface area is 157 Å². The summed E-state index contributed by atoms with van der Waals surface area (Å²) in [6.07, 6.45) is 2.08. The zero-order valence-corrected chi connectivity index (χ0v) is 16.9. The Morgan fingerprint density at radius 3 is 2.31 bits per heavy atom. The van der Waals surface area contributed by atoms with E-state index in [0.29, 0.717) is 12.3 Å². The molecule has 1 rings (SSSR count). The average molecular weight is 369 g/mol. The molecule has 0 aromatic heterocycles. The van der Waals surface area contributed by atoms with E-state index in [1.807, 2.05) is 39.0 Å². The molecule has 1 aromatic carbocycles. The number of hydrogen-bond donors (Lipinski definition) is 6. The van der Waals surface area contributed by atoms with Gasteiger partial charge in [0.2, 0.25) is 0 Å². The number of amidine groups is 1. The molecule has 1 aromatic rings. The first-order valence-electron chi connectivity index (χ1n) is 8.69. The van der Waals surface area contributed by atoms with Crippen LogP contribution in [0, 0.1) is 10.8 Å². The lowest BCUT2D eigenvalue weighted by Gasteiger charge is -2.14. The van der Waals surface area contributed by atoms with Crippen LogP contribution < -0.4 is 27.1 Å². The Morgan fingerprint density at radius 2 is 1.85 bits per heavy atom. The molecule has 0 bridgehead atoms. The summed E-state index contributed by atoms with van der Waals surface area (Å²) in [6, 6.07) is 5.71. The first kappa shape index (κ1) is 25.9. The highest BCUT2D eigenvalue weighted by atomic mass is 16.5. The summed E-state index contributed by atoms with van der Waals surface area (Å²) in [6.45, 7) is 7.40. The highest BCUT2D eigenvalue weighted by Gasteiger charge is 2.07. The molecule has 0 saturated carbocycles. The van der Waals surface area contributed by atoms with Crippen molar-refractivity contribution in [3.8, 4) is 5.75 Å². The third kappa shape index (κ3) is 13.0. The molecule has 150 valence electrons. The molecule has 1 atom stereocenters. The molecule has 8 nitrogen and oxygen atoms in total. The number of rotatable bonds is 8. The van der Waals surface area contributed by atoms with Crippen LogP contribution in [0.25, 0.3) is 0 Å². The van der Waals surface area contributed by atoms with Gasteiger partial charge < -0.3 is 20.6 Å². The van der Waals surface area contributed by atoms with Gasteiger partial charge in [0.25, 0.3) is 0 Å². The van der Waals surface area contributed by atoms with Crippen molar-refractivity contribution in [1.82, 2.24) is 5.32 Å². The van der Waals surface area contributed by atoms with Gasteiger partial charge in [-0.25, -0.2) is 0 Å². The molecular weight excluding hydrogens is 332 g/mol. The molecule has 0 heterocycles. The predicted octanol–water partition coefficient (Wildman–Crippen LogP) is 2.83. The maximum absolute atomic E-state index is 7.74. The maximum atomic E-state index is 7.74. The molecule has 0 aliphatic carbocycles. The number of aryl methyl sites for hydroxylation is 1. The van der Waals surface area contributed by atoms with Crippen molar-refractivity contribution in [3.05, 3.63) is 23.8 Å². The van der Waals surface area contributed by atoms with Crippen molar-refractivity contribution in [1.29, 1.82) is 10.8 Å². The fourth-order valence-corrected chi connectivity index (χ4v) is 1.83. The third-order valence-corrected chi connectivity index (χ3v) is 3.02. The standard InChI is InChI=1S/C14H24N4O2.C2H6N2.C2H6/c1-10(17-2)20-14(15)6-4-5-11-9-12(18-16)7-8-13(11)19-3;1-2(3)4;1-2/h7-10,15,17-18H,4-6,16H2,1-3H3;1H3,(H3,3,4);1-2H3. The number of hydrazine groups is 1. The van der Waals surface area contributed by atoms with Crippen LogP contribution in [-0.4, -0.2) is 32.1 Å². The van der Waals surface area contributed by atoms with Gasteiger partial charge in [0.05, 0.1) is 12.9 Å². The van der Waals surface area contributed by atoms with Gasteiger partial charge in [-0.15, -0.1) is 0 Å². The zero-order chi connectivity index (χ0) is 20.5. The van der Waals surface area contributed by atoms with Gasteiger partial charge in [-0.2, -0.15) is 0 Å². The van der Waals surface area contributed by atoms with E-state index in [1.54, 1.807) is 14.2 Å². The number of nitrogen functional groups attached to an aromatic ring is 1. The quantitative estimate of drug-likeness (QED) is 0.137. The van der Waals surface area contributed by atoms with Crippen LogP contribution in [0.4, 0.5) is 5.69 Å². The third-order valence-electron chi connectivity index (χ3n) is 3.02. The molecule has 0 radical (unpaired) electrons. The Hall–Kier alpha value is -2.32. The largest absolute Gasteiger partial charge is 0.496 e. The second-order valence-electron chi connectivity index (χ2n) is 5.18.